The fourth-order valence-electron chi connectivity index (χ4n) is 4.62. The van der Waals surface area contributed by atoms with Crippen molar-refractivity contribution in [2.75, 3.05) is 13.1 Å². The number of aromatic nitrogens is 4. The molecule has 8 heteroatoms. The number of nitrogens with zero attached hydrogens (tertiary/aromatic N) is 4. The van der Waals surface area contributed by atoms with Gasteiger partial charge in [-0.1, -0.05) is 59.1 Å². The Hall–Kier alpha value is -2.18. The molecule has 2 aromatic carbocycles. The standard InChI is InChI=1S/C26H26Cl3N5/c27-19-5-2-1-4-18(19)8-9-23-31-16-22-25(33-23)34(15-12-17-10-13-30-14-11-17)26(32-22)24-20(28)6-3-7-21(24)29/h1-7,16-17,30H,8-15H2. The van der Waals surface area contributed by atoms with Gasteiger partial charge in [-0.05, 0) is 68.5 Å². The van der Waals surface area contributed by atoms with Crippen molar-refractivity contribution in [3.05, 3.63) is 75.1 Å². The molecule has 1 saturated heterocycles. The van der Waals surface area contributed by atoms with E-state index in [1.807, 2.05) is 42.5 Å². The predicted octanol–water partition coefficient (Wildman–Crippen LogP) is 6.63. The van der Waals surface area contributed by atoms with Crippen molar-refractivity contribution in [3.63, 3.8) is 0 Å². The molecule has 1 N–H and O–H groups in total. The SMILES string of the molecule is Clc1ccccc1CCc1ncc2nc(-c3c(Cl)cccc3Cl)n(CCC3CCNCC3)c2n1. The molecule has 3 heterocycles. The molecule has 0 radical (unpaired) electrons. The molecule has 1 aliphatic heterocycles. The van der Waals surface area contributed by atoms with Gasteiger partial charge in [-0.15, -0.1) is 0 Å². The smallest absolute Gasteiger partial charge is 0.164 e. The molecule has 5 nitrogen and oxygen atoms in total. The summed E-state index contributed by atoms with van der Waals surface area (Å²) in [5, 5.41) is 5.38. The van der Waals surface area contributed by atoms with E-state index >= 15 is 0 Å². The van der Waals surface area contributed by atoms with E-state index in [9.17, 15) is 0 Å². The summed E-state index contributed by atoms with van der Waals surface area (Å²) >= 11 is 19.5. The summed E-state index contributed by atoms with van der Waals surface area (Å²) in [6, 6.07) is 13.4. The molecular formula is C26H26Cl3N5. The second-order valence-corrected chi connectivity index (χ2v) is 9.97. The fourth-order valence-corrected chi connectivity index (χ4v) is 5.41. The lowest BCUT2D eigenvalue weighted by Gasteiger charge is -2.23. The highest BCUT2D eigenvalue weighted by molar-refractivity contribution is 6.39. The number of imidazole rings is 1. The molecule has 4 aromatic rings. The highest BCUT2D eigenvalue weighted by Gasteiger charge is 2.21. The molecule has 1 aliphatic rings. The Kier molecular flexibility index (Phi) is 7.35. The van der Waals surface area contributed by atoms with Crippen molar-refractivity contribution in [1.82, 2.24) is 24.8 Å². The molecule has 34 heavy (non-hydrogen) atoms. The third-order valence-corrected chi connectivity index (χ3v) is 7.52. The zero-order chi connectivity index (χ0) is 23.5. The number of halogens is 3. The van der Waals surface area contributed by atoms with Crippen LogP contribution in [0.4, 0.5) is 0 Å². The van der Waals surface area contributed by atoms with Gasteiger partial charge in [0.05, 0.1) is 21.8 Å². The Morgan fingerprint density at radius 3 is 2.38 bits per heavy atom. The van der Waals surface area contributed by atoms with E-state index in [1.165, 1.54) is 12.8 Å². The molecule has 0 atom stereocenters. The lowest BCUT2D eigenvalue weighted by Crippen LogP contribution is -2.28. The van der Waals surface area contributed by atoms with Crippen LogP contribution in [0.15, 0.2) is 48.7 Å². The van der Waals surface area contributed by atoms with Gasteiger partial charge < -0.3 is 9.88 Å². The van der Waals surface area contributed by atoms with Crippen molar-refractivity contribution in [1.29, 1.82) is 0 Å². The highest BCUT2D eigenvalue weighted by Crippen LogP contribution is 2.36. The lowest BCUT2D eigenvalue weighted by atomic mass is 9.95. The Bertz CT molecular complexity index is 1280. The number of benzene rings is 2. The first-order valence-corrected chi connectivity index (χ1v) is 12.8. The number of fused-ring (bicyclic) bond motifs is 1. The molecule has 0 unspecified atom stereocenters. The van der Waals surface area contributed by atoms with E-state index in [1.54, 1.807) is 6.20 Å². The van der Waals surface area contributed by atoms with E-state index in [-0.39, 0.29) is 0 Å². The molecule has 0 bridgehead atoms. The molecule has 1 fully saturated rings. The van der Waals surface area contributed by atoms with Gasteiger partial charge in [-0.2, -0.15) is 0 Å². The summed E-state index contributed by atoms with van der Waals surface area (Å²) in [6.07, 6.45) is 6.71. The molecule has 0 aliphatic carbocycles. The van der Waals surface area contributed by atoms with E-state index in [0.29, 0.717) is 22.4 Å². The predicted molar refractivity (Wildman–Crippen MR) is 140 cm³/mol. The maximum atomic E-state index is 6.58. The van der Waals surface area contributed by atoms with Crippen LogP contribution < -0.4 is 5.32 Å². The zero-order valence-electron chi connectivity index (χ0n) is 18.8. The minimum Gasteiger partial charge on any atom is -0.317 e. The molecule has 0 spiro atoms. The van der Waals surface area contributed by atoms with Crippen LogP contribution in [0.2, 0.25) is 15.1 Å². The molecule has 5 rings (SSSR count). The maximum Gasteiger partial charge on any atom is 0.164 e. The third-order valence-electron chi connectivity index (χ3n) is 6.52. The van der Waals surface area contributed by atoms with Crippen LogP contribution >= 0.6 is 34.8 Å². The van der Waals surface area contributed by atoms with Gasteiger partial charge >= 0.3 is 0 Å². The van der Waals surface area contributed by atoms with E-state index < -0.39 is 0 Å². The van der Waals surface area contributed by atoms with Gasteiger partial charge in [-0.3, -0.25) is 0 Å². The first-order valence-electron chi connectivity index (χ1n) is 11.7. The van der Waals surface area contributed by atoms with E-state index in [4.69, 9.17) is 44.8 Å². The second-order valence-electron chi connectivity index (χ2n) is 8.75. The Morgan fingerprint density at radius 1 is 0.882 bits per heavy atom. The van der Waals surface area contributed by atoms with E-state index in [2.05, 4.69) is 14.9 Å². The summed E-state index contributed by atoms with van der Waals surface area (Å²) in [4.78, 5) is 14.4. The number of nitrogens with one attached hydrogen (secondary N) is 1. The van der Waals surface area contributed by atoms with Gasteiger partial charge in [0.2, 0.25) is 0 Å². The van der Waals surface area contributed by atoms with Crippen LogP contribution in [-0.2, 0) is 19.4 Å². The van der Waals surface area contributed by atoms with Gasteiger partial charge in [0.25, 0.3) is 0 Å². The first-order chi connectivity index (χ1) is 16.6. The van der Waals surface area contributed by atoms with Crippen LogP contribution in [-0.4, -0.2) is 32.6 Å². The van der Waals surface area contributed by atoms with Crippen LogP contribution in [0.5, 0.6) is 0 Å². The molecule has 0 amide bonds. The van der Waals surface area contributed by atoms with Crippen LogP contribution in [0, 0.1) is 5.92 Å². The van der Waals surface area contributed by atoms with Crippen LogP contribution in [0.3, 0.4) is 0 Å². The summed E-state index contributed by atoms with van der Waals surface area (Å²) < 4.78 is 2.17. The van der Waals surface area contributed by atoms with E-state index in [0.717, 1.165) is 71.4 Å². The Morgan fingerprint density at radius 2 is 1.62 bits per heavy atom. The molecule has 2 aromatic heterocycles. The summed E-state index contributed by atoms with van der Waals surface area (Å²) in [5.74, 6) is 2.19. The normalized spacial score (nSPS) is 14.7. The highest BCUT2D eigenvalue weighted by atomic mass is 35.5. The number of hydrogen-bond donors (Lipinski definition) is 1. The monoisotopic (exact) mass is 513 g/mol. The number of aryl methyl sites for hydroxylation is 3. The number of hydrogen-bond acceptors (Lipinski definition) is 4. The van der Waals surface area contributed by atoms with Gasteiger partial charge in [-0.25, -0.2) is 15.0 Å². The Labute approximate surface area is 214 Å². The lowest BCUT2D eigenvalue weighted by molar-refractivity contribution is 0.339. The topological polar surface area (TPSA) is 55.6 Å². The average Bonchev–Trinajstić information content (AvgIpc) is 3.20. The molecule has 0 saturated carbocycles. The summed E-state index contributed by atoms with van der Waals surface area (Å²) in [7, 11) is 0. The summed E-state index contributed by atoms with van der Waals surface area (Å²) in [5.41, 5.74) is 3.41. The molecular weight excluding hydrogens is 489 g/mol. The van der Waals surface area contributed by atoms with Gasteiger partial charge in [0.15, 0.2) is 5.65 Å². The first kappa shape index (κ1) is 23.6. The largest absolute Gasteiger partial charge is 0.317 e. The third kappa shape index (κ3) is 5.08. The second kappa shape index (κ2) is 10.6. The quantitative estimate of drug-likeness (QED) is 0.301. The van der Waals surface area contributed by atoms with Crippen LogP contribution in [0.25, 0.3) is 22.6 Å². The minimum absolute atomic E-state index is 0.581. The van der Waals surface area contributed by atoms with Crippen molar-refractivity contribution < 1.29 is 0 Å². The minimum atomic E-state index is 0.581. The van der Waals surface area contributed by atoms with Crippen LogP contribution in [0.1, 0.15) is 30.7 Å². The fraction of sp³-hybridized carbons (Fsp3) is 0.346. The zero-order valence-corrected chi connectivity index (χ0v) is 21.0. The number of rotatable bonds is 7. The van der Waals surface area contributed by atoms with Crippen molar-refractivity contribution in [3.8, 4) is 11.4 Å². The van der Waals surface area contributed by atoms with Crippen molar-refractivity contribution in [2.24, 2.45) is 5.92 Å². The van der Waals surface area contributed by atoms with Gasteiger partial charge in [0.1, 0.15) is 17.2 Å². The average molecular weight is 515 g/mol. The van der Waals surface area contributed by atoms with Crippen molar-refractivity contribution in [2.45, 2.75) is 38.6 Å². The Balaban J connectivity index is 1.50. The van der Waals surface area contributed by atoms with Crippen molar-refractivity contribution >= 4 is 46.0 Å². The molecule has 176 valence electrons. The maximum absolute atomic E-state index is 6.58. The van der Waals surface area contributed by atoms with Gasteiger partial charge in [0, 0.05) is 18.0 Å². The number of piperidine rings is 1. The summed E-state index contributed by atoms with van der Waals surface area (Å²) in [6.45, 7) is 2.96.